The van der Waals surface area contributed by atoms with Crippen LogP contribution in [0.15, 0.2) is 18.2 Å². The number of nitrogens with zero attached hydrogens (tertiary/aromatic N) is 1. The summed E-state index contributed by atoms with van der Waals surface area (Å²) in [5.41, 5.74) is -0.474. The van der Waals surface area contributed by atoms with Crippen LogP contribution in [0, 0.1) is 0 Å². The molecule has 1 saturated heterocycles. The second kappa shape index (κ2) is 5.61. The van der Waals surface area contributed by atoms with Crippen LogP contribution in [-0.2, 0) is 17.5 Å². The van der Waals surface area contributed by atoms with Crippen molar-refractivity contribution in [1.82, 2.24) is 4.90 Å². The number of aliphatic carboxylic acids is 1. The highest BCUT2D eigenvalue weighted by Crippen LogP contribution is 2.33. The predicted molar refractivity (Wildman–Crippen MR) is 67.5 cm³/mol. The fraction of sp³-hybridized carbons (Fsp3) is 0.462. The van der Waals surface area contributed by atoms with Gasteiger partial charge in [0.05, 0.1) is 5.56 Å². The molecular weight excluding hydrogens is 295 g/mol. The maximum absolute atomic E-state index is 12.7. The number of carboxylic acid groups (broad SMARTS) is 1. The van der Waals surface area contributed by atoms with E-state index in [1.54, 1.807) is 4.90 Å². The van der Waals surface area contributed by atoms with E-state index in [-0.39, 0.29) is 11.6 Å². The molecule has 0 unspecified atom stereocenters. The van der Waals surface area contributed by atoms with Crippen molar-refractivity contribution in [3.05, 3.63) is 34.3 Å². The number of hydrogen-bond acceptors (Lipinski definition) is 2. The van der Waals surface area contributed by atoms with E-state index in [9.17, 15) is 18.0 Å². The molecule has 2 rings (SSSR count). The summed E-state index contributed by atoms with van der Waals surface area (Å²) in [5.74, 6) is -0.953. The standard InChI is InChI=1S/C13H13ClF3NO2/c14-10-4-3-9(13(15,16)17)6-8(10)7-18-5-1-2-11(18)12(19)20/h3-4,6,11H,1-2,5,7H2,(H,19,20)/t11-/m1/s1. The highest BCUT2D eigenvalue weighted by atomic mass is 35.5. The Hall–Kier alpha value is -1.27. The van der Waals surface area contributed by atoms with Crippen LogP contribution in [0.2, 0.25) is 5.02 Å². The number of benzene rings is 1. The lowest BCUT2D eigenvalue weighted by atomic mass is 10.1. The quantitative estimate of drug-likeness (QED) is 0.930. The molecule has 1 aromatic carbocycles. The molecule has 1 heterocycles. The number of rotatable bonds is 3. The van der Waals surface area contributed by atoms with Gasteiger partial charge < -0.3 is 5.11 Å². The number of halogens is 4. The molecule has 0 saturated carbocycles. The first kappa shape index (κ1) is 15.1. The minimum atomic E-state index is -4.43. The zero-order valence-electron chi connectivity index (χ0n) is 10.5. The zero-order chi connectivity index (χ0) is 14.9. The van der Waals surface area contributed by atoms with Crippen molar-refractivity contribution in [2.75, 3.05) is 6.54 Å². The maximum atomic E-state index is 12.7. The summed E-state index contributed by atoms with van der Waals surface area (Å²) in [6, 6.07) is 2.45. The van der Waals surface area contributed by atoms with Crippen molar-refractivity contribution in [2.24, 2.45) is 0 Å². The molecule has 1 aliphatic heterocycles. The van der Waals surface area contributed by atoms with Crippen LogP contribution in [0.3, 0.4) is 0 Å². The van der Waals surface area contributed by atoms with Gasteiger partial charge in [0, 0.05) is 11.6 Å². The molecule has 110 valence electrons. The van der Waals surface area contributed by atoms with Crippen molar-refractivity contribution in [3.8, 4) is 0 Å². The van der Waals surface area contributed by atoms with Crippen molar-refractivity contribution >= 4 is 17.6 Å². The lowest BCUT2D eigenvalue weighted by Gasteiger charge is -2.22. The first-order chi connectivity index (χ1) is 9.29. The summed E-state index contributed by atoms with van der Waals surface area (Å²) in [4.78, 5) is 12.7. The van der Waals surface area contributed by atoms with Crippen LogP contribution in [0.1, 0.15) is 24.0 Å². The zero-order valence-corrected chi connectivity index (χ0v) is 11.2. The van der Waals surface area contributed by atoms with Crippen molar-refractivity contribution in [3.63, 3.8) is 0 Å². The normalized spacial score (nSPS) is 20.3. The van der Waals surface area contributed by atoms with E-state index >= 15 is 0 Å². The predicted octanol–water partition coefficient (Wildman–Crippen LogP) is 3.41. The summed E-state index contributed by atoms with van der Waals surface area (Å²) in [5, 5.41) is 9.28. The minimum Gasteiger partial charge on any atom is -0.480 e. The van der Waals surface area contributed by atoms with Crippen molar-refractivity contribution < 1.29 is 23.1 Å². The van der Waals surface area contributed by atoms with Crippen LogP contribution in [-0.4, -0.2) is 28.6 Å². The Kier molecular flexibility index (Phi) is 4.25. The molecule has 1 N–H and O–H groups in total. The Morgan fingerprint density at radius 2 is 2.15 bits per heavy atom. The molecule has 20 heavy (non-hydrogen) atoms. The number of carboxylic acids is 1. The lowest BCUT2D eigenvalue weighted by Crippen LogP contribution is -2.35. The molecular formula is C13H13ClF3NO2. The first-order valence-corrected chi connectivity index (χ1v) is 6.49. The third-order valence-corrected chi connectivity index (χ3v) is 3.76. The summed E-state index contributed by atoms with van der Waals surface area (Å²) >= 11 is 5.91. The van der Waals surface area contributed by atoms with Crippen molar-refractivity contribution in [2.45, 2.75) is 31.6 Å². The summed E-state index contributed by atoms with van der Waals surface area (Å²) in [6.45, 7) is 0.656. The van der Waals surface area contributed by atoms with E-state index in [1.807, 2.05) is 0 Å². The maximum Gasteiger partial charge on any atom is 0.416 e. The van der Waals surface area contributed by atoms with Gasteiger partial charge in [0.25, 0.3) is 0 Å². The van der Waals surface area contributed by atoms with Gasteiger partial charge in [0.15, 0.2) is 0 Å². The van der Waals surface area contributed by atoms with Crippen LogP contribution in [0.5, 0.6) is 0 Å². The minimum absolute atomic E-state index is 0.111. The van der Waals surface area contributed by atoms with Crippen LogP contribution < -0.4 is 0 Å². The van der Waals surface area contributed by atoms with Gasteiger partial charge in [-0.05, 0) is 43.1 Å². The van der Waals surface area contributed by atoms with E-state index in [1.165, 1.54) is 6.07 Å². The highest BCUT2D eigenvalue weighted by molar-refractivity contribution is 6.31. The van der Waals surface area contributed by atoms with Crippen molar-refractivity contribution in [1.29, 1.82) is 0 Å². The lowest BCUT2D eigenvalue weighted by molar-refractivity contribution is -0.142. The average molecular weight is 308 g/mol. The van der Waals surface area contributed by atoms with E-state index < -0.39 is 23.8 Å². The third-order valence-electron chi connectivity index (χ3n) is 3.40. The molecule has 0 radical (unpaired) electrons. The van der Waals surface area contributed by atoms with Gasteiger partial charge in [-0.2, -0.15) is 13.2 Å². The van der Waals surface area contributed by atoms with Gasteiger partial charge in [-0.3, -0.25) is 9.69 Å². The van der Waals surface area contributed by atoms with Crippen LogP contribution in [0.25, 0.3) is 0 Å². The van der Waals surface area contributed by atoms with Gasteiger partial charge >= 0.3 is 12.1 Å². The van der Waals surface area contributed by atoms with Gasteiger partial charge in [-0.25, -0.2) is 0 Å². The van der Waals surface area contributed by atoms with E-state index in [0.717, 1.165) is 12.1 Å². The number of carbonyl (C=O) groups is 1. The fourth-order valence-corrected chi connectivity index (χ4v) is 2.56. The molecule has 1 aromatic rings. The third kappa shape index (κ3) is 3.24. The summed E-state index contributed by atoms with van der Waals surface area (Å²) < 4.78 is 38.0. The molecule has 0 aliphatic carbocycles. The van der Waals surface area contributed by atoms with Gasteiger partial charge in [-0.15, -0.1) is 0 Å². The van der Waals surface area contributed by atoms with Gasteiger partial charge in [-0.1, -0.05) is 11.6 Å². The molecule has 7 heteroatoms. The first-order valence-electron chi connectivity index (χ1n) is 6.11. The van der Waals surface area contributed by atoms with E-state index in [2.05, 4.69) is 0 Å². The SMILES string of the molecule is O=C(O)[C@H]1CCCN1Cc1cc(C(F)(F)F)ccc1Cl. The Labute approximate surface area is 118 Å². The smallest absolute Gasteiger partial charge is 0.416 e. The Morgan fingerprint density at radius 1 is 1.45 bits per heavy atom. The second-order valence-corrected chi connectivity index (χ2v) is 5.18. The molecule has 0 amide bonds. The number of hydrogen-bond donors (Lipinski definition) is 1. The molecule has 1 atom stereocenters. The number of likely N-dealkylation sites (tertiary alicyclic amines) is 1. The van der Waals surface area contributed by atoms with E-state index in [4.69, 9.17) is 16.7 Å². The molecule has 0 spiro atoms. The summed E-state index contributed by atoms with van der Waals surface area (Å²) in [7, 11) is 0. The molecule has 0 aromatic heterocycles. The monoisotopic (exact) mass is 307 g/mol. The number of alkyl halides is 3. The topological polar surface area (TPSA) is 40.5 Å². The second-order valence-electron chi connectivity index (χ2n) is 4.77. The van der Waals surface area contributed by atoms with E-state index in [0.29, 0.717) is 24.9 Å². The van der Waals surface area contributed by atoms with Crippen LogP contribution >= 0.6 is 11.6 Å². The van der Waals surface area contributed by atoms with Gasteiger partial charge in [0.1, 0.15) is 6.04 Å². The fourth-order valence-electron chi connectivity index (χ4n) is 2.39. The molecule has 0 bridgehead atoms. The highest BCUT2D eigenvalue weighted by Gasteiger charge is 2.33. The Morgan fingerprint density at radius 3 is 2.75 bits per heavy atom. The molecule has 3 nitrogen and oxygen atoms in total. The van der Waals surface area contributed by atoms with Gasteiger partial charge in [0.2, 0.25) is 0 Å². The molecule has 1 aliphatic rings. The Balaban J connectivity index is 2.22. The molecule has 1 fully saturated rings. The summed E-state index contributed by atoms with van der Waals surface area (Å²) in [6.07, 6.45) is -3.21. The van der Waals surface area contributed by atoms with Crippen LogP contribution in [0.4, 0.5) is 13.2 Å². The largest absolute Gasteiger partial charge is 0.480 e. The Bertz CT molecular complexity index is 519. The average Bonchev–Trinajstić information content (AvgIpc) is 2.78.